The Balaban J connectivity index is 1.71. The third kappa shape index (κ3) is 6.07. The quantitative estimate of drug-likeness (QED) is 0.653. The standard InChI is InChI=1S/C22H30N4O3/c1-14(2)12-22(4,29-20(23)27)13-28-19-8-5-16(11-15(19)3)18-9-10-24-21(26-18)25-17-6-7-17/h5,8-11,14,17H,6-7,12-13H2,1-4H3,(H2,23,27)(H,24,25,26)/t22-/m0/s1. The molecule has 156 valence electrons. The predicted octanol–water partition coefficient (Wildman–Crippen LogP) is 4.31. The van der Waals surface area contributed by atoms with E-state index in [-0.39, 0.29) is 6.61 Å². The number of anilines is 1. The average molecular weight is 399 g/mol. The molecule has 1 heterocycles. The summed E-state index contributed by atoms with van der Waals surface area (Å²) in [6.45, 7) is 8.19. The molecular formula is C22H30N4O3. The Labute approximate surface area is 172 Å². The van der Waals surface area contributed by atoms with Crippen molar-refractivity contribution in [1.29, 1.82) is 0 Å². The number of primary amides is 1. The van der Waals surface area contributed by atoms with Crippen LogP contribution in [0.4, 0.5) is 10.7 Å². The van der Waals surface area contributed by atoms with Gasteiger partial charge in [0.15, 0.2) is 0 Å². The van der Waals surface area contributed by atoms with Gasteiger partial charge in [-0.3, -0.25) is 0 Å². The van der Waals surface area contributed by atoms with Gasteiger partial charge < -0.3 is 20.5 Å². The monoisotopic (exact) mass is 398 g/mol. The first-order valence-electron chi connectivity index (χ1n) is 10.1. The lowest BCUT2D eigenvalue weighted by Gasteiger charge is -2.30. The average Bonchev–Trinajstić information content (AvgIpc) is 3.43. The first-order chi connectivity index (χ1) is 13.7. The number of nitrogens with zero attached hydrogens (tertiary/aromatic N) is 2. The van der Waals surface area contributed by atoms with E-state index in [0.29, 0.717) is 24.3 Å². The van der Waals surface area contributed by atoms with Crippen molar-refractivity contribution in [2.75, 3.05) is 11.9 Å². The number of rotatable bonds is 9. The first kappa shape index (κ1) is 20.9. The smallest absolute Gasteiger partial charge is 0.405 e. The summed E-state index contributed by atoms with van der Waals surface area (Å²) in [4.78, 5) is 20.2. The van der Waals surface area contributed by atoms with E-state index in [0.717, 1.165) is 22.6 Å². The van der Waals surface area contributed by atoms with Crippen LogP contribution in [0.3, 0.4) is 0 Å². The van der Waals surface area contributed by atoms with Crippen LogP contribution < -0.4 is 15.8 Å². The Morgan fingerprint density at radius 1 is 1.34 bits per heavy atom. The molecule has 7 heteroatoms. The first-order valence-corrected chi connectivity index (χ1v) is 10.1. The molecule has 0 saturated heterocycles. The minimum Gasteiger partial charge on any atom is -0.489 e. The molecule has 1 amide bonds. The highest BCUT2D eigenvalue weighted by Gasteiger charge is 2.30. The second-order valence-corrected chi connectivity index (χ2v) is 8.42. The molecule has 0 spiro atoms. The Kier molecular flexibility index (Phi) is 6.25. The number of nitrogens with one attached hydrogen (secondary N) is 1. The van der Waals surface area contributed by atoms with Crippen LogP contribution in [0.15, 0.2) is 30.5 Å². The summed E-state index contributed by atoms with van der Waals surface area (Å²) in [6.07, 6.45) is 3.99. The van der Waals surface area contributed by atoms with E-state index in [4.69, 9.17) is 15.2 Å². The summed E-state index contributed by atoms with van der Waals surface area (Å²) in [5, 5.41) is 3.32. The minimum atomic E-state index is -0.789. The van der Waals surface area contributed by atoms with E-state index in [1.165, 1.54) is 12.8 Å². The fraction of sp³-hybridized carbons (Fsp3) is 0.500. The third-order valence-electron chi connectivity index (χ3n) is 4.76. The van der Waals surface area contributed by atoms with Crippen LogP contribution in [0, 0.1) is 12.8 Å². The zero-order chi connectivity index (χ0) is 21.0. The molecule has 2 aromatic rings. The zero-order valence-corrected chi connectivity index (χ0v) is 17.6. The van der Waals surface area contributed by atoms with E-state index >= 15 is 0 Å². The lowest BCUT2D eigenvalue weighted by molar-refractivity contribution is -0.0187. The maximum absolute atomic E-state index is 11.3. The van der Waals surface area contributed by atoms with Crippen molar-refractivity contribution in [2.45, 2.75) is 58.6 Å². The lowest BCUT2D eigenvalue weighted by Crippen LogP contribution is -2.41. The molecule has 1 aromatic carbocycles. The predicted molar refractivity (Wildman–Crippen MR) is 113 cm³/mol. The van der Waals surface area contributed by atoms with Crippen molar-refractivity contribution in [3.05, 3.63) is 36.0 Å². The van der Waals surface area contributed by atoms with Crippen LogP contribution in [0.5, 0.6) is 5.75 Å². The molecule has 1 aromatic heterocycles. The summed E-state index contributed by atoms with van der Waals surface area (Å²) in [7, 11) is 0. The fourth-order valence-electron chi connectivity index (χ4n) is 3.44. The van der Waals surface area contributed by atoms with Crippen LogP contribution >= 0.6 is 0 Å². The highest BCUT2D eigenvalue weighted by molar-refractivity contribution is 5.65. The van der Waals surface area contributed by atoms with Gasteiger partial charge in [0.05, 0.1) is 5.69 Å². The minimum absolute atomic E-state index is 0.233. The molecule has 1 aliphatic rings. The number of amides is 1. The largest absolute Gasteiger partial charge is 0.489 e. The number of hydrogen-bond acceptors (Lipinski definition) is 6. The van der Waals surface area contributed by atoms with Crippen LogP contribution in [-0.2, 0) is 4.74 Å². The van der Waals surface area contributed by atoms with Crippen molar-refractivity contribution < 1.29 is 14.3 Å². The number of aryl methyl sites for hydroxylation is 1. The van der Waals surface area contributed by atoms with E-state index in [9.17, 15) is 4.79 Å². The van der Waals surface area contributed by atoms with E-state index in [1.807, 2.05) is 38.1 Å². The molecule has 1 atom stereocenters. The Morgan fingerprint density at radius 3 is 2.72 bits per heavy atom. The third-order valence-corrected chi connectivity index (χ3v) is 4.76. The van der Waals surface area contributed by atoms with Crippen LogP contribution in [0.1, 0.15) is 45.6 Å². The number of aromatic nitrogens is 2. The van der Waals surface area contributed by atoms with Crippen molar-refractivity contribution in [1.82, 2.24) is 9.97 Å². The number of nitrogens with two attached hydrogens (primary N) is 1. The molecule has 1 aliphatic carbocycles. The van der Waals surface area contributed by atoms with Crippen LogP contribution in [0.2, 0.25) is 0 Å². The Morgan fingerprint density at radius 2 is 2.10 bits per heavy atom. The van der Waals surface area contributed by atoms with Gasteiger partial charge in [0, 0.05) is 17.8 Å². The number of carbonyl (C=O) groups is 1. The fourth-order valence-corrected chi connectivity index (χ4v) is 3.44. The van der Waals surface area contributed by atoms with Gasteiger partial charge >= 0.3 is 6.09 Å². The van der Waals surface area contributed by atoms with E-state index < -0.39 is 11.7 Å². The Bertz CT molecular complexity index is 867. The number of carbonyl (C=O) groups excluding carboxylic acids is 1. The normalized spacial score (nSPS) is 15.6. The second kappa shape index (κ2) is 8.68. The summed E-state index contributed by atoms with van der Waals surface area (Å²) in [5.41, 5.74) is 7.30. The molecule has 3 rings (SSSR count). The van der Waals surface area contributed by atoms with Crippen LogP contribution in [-0.4, -0.2) is 34.3 Å². The molecule has 29 heavy (non-hydrogen) atoms. The van der Waals surface area contributed by atoms with Gasteiger partial charge in [-0.25, -0.2) is 14.8 Å². The zero-order valence-electron chi connectivity index (χ0n) is 17.6. The number of hydrogen-bond donors (Lipinski definition) is 2. The van der Waals surface area contributed by atoms with E-state index in [1.54, 1.807) is 6.20 Å². The molecule has 0 aliphatic heterocycles. The van der Waals surface area contributed by atoms with Gasteiger partial charge in [0.2, 0.25) is 5.95 Å². The lowest BCUT2D eigenvalue weighted by atomic mass is 9.95. The summed E-state index contributed by atoms with van der Waals surface area (Å²) in [6, 6.07) is 8.33. The molecular weight excluding hydrogens is 368 g/mol. The molecule has 0 bridgehead atoms. The second-order valence-electron chi connectivity index (χ2n) is 8.42. The van der Waals surface area contributed by atoms with Gasteiger partial charge in [-0.15, -0.1) is 0 Å². The molecule has 0 radical (unpaired) electrons. The highest BCUT2D eigenvalue weighted by atomic mass is 16.6. The van der Waals surface area contributed by atoms with Crippen molar-refractivity contribution >= 4 is 12.0 Å². The van der Waals surface area contributed by atoms with E-state index in [2.05, 4.69) is 29.1 Å². The summed E-state index contributed by atoms with van der Waals surface area (Å²) < 4.78 is 11.3. The number of benzene rings is 1. The van der Waals surface area contributed by atoms with Gasteiger partial charge in [0.1, 0.15) is 18.0 Å². The van der Waals surface area contributed by atoms with Gasteiger partial charge in [-0.1, -0.05) is 13.8 Å². The van der Waals surface area contributed by atoms with Gasteiger partial charge in [-0.05, 0) is 68.9 Å². The van der Waals surface area contributed by atoms with Gasteiger partial charge in [0.25, 0.3) is 0 Å². The Hall–Kier alpha value is -2.83. The topological polar surface area (TPSA) is 99.4 Å². The number of ether oxygens (including phenoxy) is 2. The molecule has 7 nitrogen and oxygen atoms in total. The van der Waals surface area contributed by atoms with Crippen molar-refractivity contribution in [3.63, 3.8) is 0 Å². The van der Waals surface area contributed by atoms with Crippen molar-refractivity contribution in [2.24, 2.45) is 11.7 Å². The van der Waals surface area contributed by atoms with Gasteiger partial charge in [-0.2, -0.15) is 0 Å². The maximum atomic E-state index is 11.3. The van der Waals surface area contributed by atoms with Crippen LogP contribution in [0.25, 0.3) is 11.3 Å². The SMILES string of the molecule is Cc1cc(-c2ccnc(NC3CC3)n2)ccc1OC[C@](C)(CC(C)C)OC(N)=O. The molecule has 0 unspecified atom stereocenters. The maximum Gasteiger partial charge on any atom is 0.405 e. The molecule has 3 N–H and O–H groups in total. The molecule has 1 saturated carbocycles. The van der Waals surface area contributed by atoms with Crippen molar-refractivity contribution in [3.8, 4) is 17.0 Å². The highest BCUT2D eigenvalue weighted by Crippen LogP contribution is 2.29. The summed E-state index contributed by atoms with van der Waals surface area (Å²) in [5.74, 6) is 1.74. The molecule has 1 fully saturated rings. The summed E-state index contributed by atoms with van der Waals surface area (Å²) >= 11 is 0.